The molecule has 0 aromatic rings. The van der Waals surface area contributed by atoms with Gasteiger partial charge in [-0.3, -0.25) is 28.8 Å². The van der Waals surface area contributed by atoms with Gasteiger partial charge in [0.1, 0.15) is 23.7 Å². The monoisotopic (exact) mass is 370 g/mol. The van der Waals surface area contributed by atoms with Crippen LogP contribution in [0.3, 0.4) is 0 Å². The van der Waals surface area contributed by atoms with Gasteiger partial charge >= 0.3 is 23.9 Å². The van der Waals surface area contributed by atoms with Crippen LogP contribution in [0.4, 0.5) is 0 Å². The third-order valence-corrected chi connectivity index (χ3v) is 5.03. The highest BCUT2D eigenvalue weighted by atomic mass is 16.5. The molecule has 0 saturated heterocycles. The molecule has 0 spiro atoms. The fourth-order valence-electron chi connectivity index (χ4n) is 4.02. The average molecular weight is 370 g/mol. The first-order chi connectivity index (χ1) is 12.3. The van der Waals surface area contributed by atoms with Crippen molar-refractivity contribution in [2.45, 2.75) is 0 Å². The van der Waals surface area contributed by atoms with Gasteiger partial charge in [-0.25, -0.2) is 0 Å². The van der Waals surface area contributed by atoms with Gasteiger partial charge < -0.3 is 18.9 Å². The maximum absolute atomic E-state index is 12.7. The SMILES string of the molecule is COC(=O)[C@@H]1C(=O)[C@H](C(=O)OC)C2C1[C@@H](C(=O)OC)C(=O)[C@@H]2C(=O)OC. The summed E-state index contributed by atoms with van der Waals surface area (Å²) in [6.45, 7) is 0. The summed E-state index contributed by atoms with van der Waals surface area (Å²) in [6.07, 6.45) is 0. The summed E-state index contributed by atoms with van der Waals surface area (Å²) in [7, 11) is 4.10. The Labute approximate surface area is 148 Å². The predicted octanol–water partition coefficient (Wildman–Crippen LogP) is -1.46. The molecule has 0 N–H and O–H groups in total. The van der Waals surface area contributed by atoms with Crippen molar-refractivity contribution in [3.05, 3.63) is 0 Å². The van der Waals surface area contributed by atoms with Crippen molar-refractivity contribution < 1.29 is 47.7 Å². The topological polar surface area (TPSA) is 139 Å². The lowest BCUT2D eigenvalue weighted by atomic mass is 9.82. The summed E-state index contributed by atoms with van der Waals surface area (Å²) in [6, 6.07) is 0. The first-order valence-electron chi connectivity index (χ1n) is 7.65. The number of hydrogen-bond donors (Lipinski definition) is 0. The lowest BCUT2D eigenvalue weighted by Crippen LogP contribution is -2.39. The number of methoxy groups -OCH3 is 4. The highest BCUT2D eigenvalue weighted by Crippen LogP contribution is 2.54. The maximum Gasteiger partial charge on any atom is 0.316 e. The molecule has 2 rings (SSSR count). The first-order valence-corrected chi connectivity index (χ1v) is 7.65. The number of carbonyl (C=O) groups excluding carboxylic acids is 6. The van der Waals surface area contributed by atoms with E-state index in [4.69, 9.17) is 0 Å². The van der Waals surface area contributed by atoms with Crippen molar-refractivity contribution in [1.29, 1.82) is 0 Å². The molecule has 0 radical (unpaired) electrons. The molecule has 0 aromatic carbocycles. The molecule has 10 heteroatoms. The molecule has 0 amide bonds. The Morgan fingerprint density at radius 1 is 0.538 bits per heavy atom. The van der Waals surface area contributed by atoms with E-state index in [0.717, 1.165) is 28.4 Å². The second kappa shape index (κ2) is 7.22. The van der Waals surface area contributed by atoms with Crippen molar-refractivity contribution in [1.82, 2.24) is 0 Å². The maximum atomic E-state index is 12.7. The van der Waals surface area contributed by atoms with Crippen LogP contribution in [-0.4, -0.2) is 63.9 Å². The Morgan fingerprint density at radius 3 is 0.885 bits per heavy atom. The van der Waals surface area contributed by atoms with E-state index in [1.807, 2.05) is 0 Å². The zero-order chi connectivity index (χ0) is 19.8. The van der Waals surface area contributed by atoms with Crippen molar-refractivity contribution in [3.8, 4) is 0 Å². The van der Waals surface area contributed by atoms with Crippen LogP contribution in [0.1, 0.15) is 0 Å². The Bertz CT molecular complexity index is 571. The zero-order valence-electron chi connectivity index (χ0n) is 14.5. The molecule has 6 atom stereocenters. The van der Waals surface area contributed by atoms with Gasteiger partial charge in [0.25, 0.3) is 0 Å². The molecule has 2 aliphatic rings. The van der Waals surface area contributed by atoms with E-state index in [1.54, 1.807) is 0 Å². The van der Waals surface area contributed by atoms with Gasteiger partial charge in [-0.15, -0.1) is 0 Å². The number of ketones is 2. The van der Waals surface area contributed by atoms with Crippen molar-refractivity contribution in [3.63, 3.8) is 0 Å². The molecule has 0 aromatic heterocycles. The van der Waals surface area contributed by atoms with Crippen molar-refractivity contribution in [2.24, 2.45) is 35.5 Å². The van der Waals surface area contributed by atoms with Crippen LogP contribution >= 0.6 is 0 Å². The molecule has 10 nitrogen and oxygen atoms in total. The van der Waals surface area contributed by atoms with Crippen molar-refractivity contribution in [2.75, 3.05) is 28.4 Å². The molecular formula is C16H18O10. The molecule has 2 saturated carbocycles. The molecule has 0 aliphatic heterocycles. The normalized spacial score (nSPS) is 32.6. The predicted molar refractivity (Wildman–Crippen MR) is 79.0 cm³/mol. The summed E-state index contributed by atoms with van der Waals surface area (Å²) in [4.78, 5) is 74.1. The average Bonchev–Trinajstić information content (AvgIpc) is 3.08. The van der Waals surface area contributed by atoms with E-state index in [-0.39, 0.29) is 0 Å². The molecule has 2 aliphatic carbocycles. The minimum absolute atomic E-state index is 0.867. The summed E-state index contributed by atoms with van der Waals surface area (Å²) in [5, 5.41) is 0. The van der Waals surface area contributed by atoms with Gasteiger partial charge in [0.05, 0.1) is 28.4 Å². The second-order valence-corrected chi connectivity index (χ2v) is 5.96. The Kier molecular flexibility index (Phi) is 5.43. The Morgan fingerprint density at radius 2 is 0.731 bits per heavy atom. The lowest BCUT2D eigenvalue weighted by molar-refractivity contribution is -0.156. The third-order valence-electron chi connectivity index (χ3n) is 5.03. The van der Waals surface area contributed by atoms with E-state index in [9.17, 15) is 28.8 Å². The van der Waals surface area contributed by atoms with Crippen LogP contribution in [0.2, 0.25) is 0 Å². The van der Waals surface area contributed by atoms with E-state index in [2.05, 4.69) is 18.9 Å². The van der Waals surface area contributed by atoms with Crippen LogP contribution in [0.25, 0.3) is 0 Å². The van der Waals surface area contributed by atoms with Gasteiger partial charge in [-0.2, -0.15) is 0 Å². The standard InChI is InChI=1S/C16H18O10/c1-23-13(19)7-5-6(9(11(7)17)15(21)25-3)10(16(22)26-4)12(18)8(5)14(20)24-2/h5-10H,1-4H3/t5?,6?,7-,8-,9-,10+/m1/s1. The molecule has 0 bridgehead atoms. The number of rotatable bonds is 4. The van der Waals surface area contributed by atoms with Gasteiger partial charge in [0, 0.05) is 11.8 Å². The van der Waals surface area contributed by atoms with E-state index >= 15 is 0 Å². The van der Waals surface area contributed by atoms with Crippen LogP contribution in [-0.2, 0) is 47.7 Å². The number of ether oxygens (including phenoxy) is 4. The second-order valence-electron chi connectivity index (χ2n) is 5.96. The van der Waals surface area contributed by atoms with Crippen LogP contribution in [0.15, 0.2) is 0 Å². The highest BCUT2D eigenvalue weighted by molar-refractivity contribution is 6.18. The molecular weight excluding hydrogens is 352 g/mol. The number of fused-ring (bicyclic) bond motifs is 1. The minimum atomic E-state index is -1.57. The largest absolute Gasteiger partial charge is 0.468 e. The quantitative estimate of drug-likeness (QED) is 0.328. The Balaban J connectivity index is 2.67. The molecule has 26 heavy (non-hydrogen) atoms. The summed E-state index contributed by atoms with van der Waals surface area (Å²) in [5.41, 5.74) is 0. The number of esters is 4. The number of Topliss-reactive ketones (excluding diaryl/α,β-unsaturated/α-hetero) is 2. The van der Waals surface area contributed by atoms with E-state index < -0.39 is 71.0 Å². The van der Waals surface area contributed by atoms with Gasteiger partial charge in [-0.05, 0) is 0 Å². The fraction of sp³-hybridized carbons (Fsp3) is 0.625. The lowest BCUT2D eigenvalue weighted by Gasteiger charge is -2.20. The molecule has 2 unspecified atom stereocenters. The third kappa shape index (κ3) is 2.65. The molecule has 142 valence electrons. The highest BCUT2D eigenvalue weighted by Gasteiger charge is 2.70. The Hall–Kier alpha value is -2.78. The summed E-state index contributed by atoms with van der Waals surface area (Å²) < 4.78 is 18.4. The van der Waals surface area contributed by atoms with Crippen LogP contribution < -0.4 is 0 Å². The summed E-state index contributed by atoms with van der Waals surface area (Å²) in [5.74, 6) is -14.6. The zero-order valence-corrected chi connectivity index (χ0v) is 14.5. The van der Waals surface area contributed by atoms with Crippen molar-refractivity contribution >= 4 is 35.4 Å². The number of carbonyl (C=O) groups is 6. The summed E-state index contributed by atoms with van der Waals surface area (Å²) >= 11 is 0. The van der Waals surface area contributed by atoms with Gasteiger partial charge in [0.15, 0.2) is 11.6 Å². The van der Waals surface area contributed by atoms with E-state index in [0.29, 0.717) is 0 Å². The molecule has 2 fully saturated rings. The molecule has 0 heterocycles. The van der Waals surface area contributed by atoms with Crippen LogP contribution in [0.5, 0.6) is 0 Å². The van der Waals surface area contributed by atoms with Gasteiger partial charge in [-0.1, -0.05) is 0 Å². The van der Waals surface area contributed by atoms with Gasteiger partial charge in [0.2, 0.25) is 0 Å². The smallest absolute Gasteiger partial charge is 0.316 e. The fourth-order valence-corrected chi connectivity index (χ4v) is 4.02. The van der Waals surface area contributed by atoms with E-state index in [1.165, 1.54) is 0 Å². The first kappa shape index (κ1) is 19.5. The number of hydrogen-bond acceptors (Lipinski definition) is 10. The van der Waals surface area contributed by atoms with Crippen LogP contribution in [0, 0.1) is 35.5 Å². The minimum Gasteiger partial charge on any atom is -0.468 e.